The molecule has 4 heteroatoms. The molecule has 2 fully saturated rings. The Kier molecular flexibility index (Phi) is 4.42. The van der Waals surface area contributed by atoms with Gasteiger partial charge in [-0.3, -0.25) is 4.90 Å². The Morgan fingerprint density at radius 3 is 2.80 bits per heavy atom. The summed E-state index contributed by atoms with van der Waals surface area (Å²) in [4.78, 5) is 3.93. The molecule has 1 aromatic heterocycles. The van der Waals surface area contributed by atoms with E-state index < -0.39 is 0 Å². The summed E-state index contributed by atoms with van der Waals surface area (Å²) in [5, 5.41) is 10.8. The summed E-state index contributed by atoms with van der Waals surface area (Å²) in [6, 6.07) is 2.15. The first kappa shape index (κ1) is 14.1. The van der Waals surface area contributed by atoms with Crippen LogP contribution in [0, 0.1) is 23.7 Å². The minimum absolute atomic E-state index is 0.0704. The third kappa shape index (κ3) is 2.91. The normalized spacial score (nSPS) is 29.2. The molecule has 0 spiro atoms. The summed E-state index contributed by atoms with van der Waals surface area (Å²) in [6.45, 7) is 3.27. The van der Waals surface area contributed by atoms with Crippen LogP contribution in [0.4, 0.5) is 0 Å². The lowest BCUT2D eigenvalue weighted by Crippen LogP contribution is -2.44. The maximum Gasteiger partial charge on any atom is 0.104 e. The molecular formula is C16H21NO2S. The van der Waals surface area contributed by atoms with E-state index in [-0.39, 0.29) is 6.61 Å². The number of nitrogens with zero attached hydrogens (tertiary/aromatic N) is 1. The van der Waals surface area contributed by atoms with Gasteiger partial charge >= 0.3 is 0 Å². The Bertz CT molecular complexity index is 502. The molecule has 1 unspecified atom stereocenters. The highest BCUT2D eigenvalue weighted by Gasteiger charge is 2.41. The van der Waals surface area contributed by atoms with Crippen molar-refractivity contribution in [1.29, 1.82) is 0 Å². The number of hydrogen-bond acceptors (Lipinski definition) is 4. The fraction of sp³-hybridized carbons (Fsp3) is 0.625. The number of methoxy groups -OCH3 is 1. The maximum absolute atomic E-state index is 8.72. The zero-order chi connectivity index (χ0) is 13.9. The molecule has 3 atom stereocenters. The van der Waals surface area contributed by atoms with Crippen molar-refractivity contribution in [3.05, 3.63) is 21.9 Å². The molecule has 3 nitrogen and oxygen atoms in total. The first-order valence-corrected chi connectivity index (χ1v) is 8.10. The Morgan fingerprint density at radius 2 is 2.15 bits per heavy atom. The van der Waals surface area contributed by atoms with Gasteiger partial charge in [-0.1, -0.05) is 11.8 Å². The SMILES string of the molecule is COC1[C@@H]2CC[C@H]1CN(Cc1cc(C#CCO)cs1)C2. The summed E-state index contributed by atoms with van der Waals surface area (Å²) in [5.41, 5.74) is 1.02. The van der Waals surface area contributed by atoms with Gasteiger partial charge in [-0.15, -0.1) is 11.3 Å². The number of rotatable bonds is 3. The van der Waals surface area contributed by atoms with E-state index >= 15 is 0 Å². The third-order valence-corrected chi connectivity index (χ3v) is 5.36. The third-order valence-electron chi connectivity index (χ3n) is 4.44. The van der Waals surface area contributed by atoms with Gasteiger partial charge in [0.1, 0.15) is 6.61 Å². The standard InChI is InChI=1S/C16H21NO2S/c1-19-16-13-4-5-14(16)9-17(8-13)10-15-7-12(11-20-15)3-2-6-18/h7,11,13-14,16,18H,4-6,8-10H2,1H3/t13-,14+,16?. The molecule has 1 N–H and O–H groups in total. The van der Waals surface area contributed by atoms with Crippen molar-refractivity contribution in [2.45, 2.75) is 25.5 Å². The van der Waals surface area contributed by atoms with Gasteiger partial charge in [-0.2, -0.15) is 0 Å². The second-order valence-electron chi connectivity index (χ2n) is 5.75. The van der Waals surface area contributed by atoms with Gasteiger partial charge in [0.15, 0.2) is 0 Å². The van der Waals surface area contributed by atoms with Gasteiger partial charge in [-0.05, 0) is 30.7 Å². The lowest BCUT2D eigenvalue weighted by Gasteiger charge is -2.36. The summed E-state index contributed by atoms with van der Waals surface area (Å²) < 4.78 is 5.66. The van der Waals surface area contributed by atoms with Crippen LogP contribution in [0.1, 0.15) is 23.3 Å². The lowest BCUT2D eigenvalue weighted by molar-refractivity contribution is -0.0177. The second-order valence-corrected chi connectivity index (χ2v) is 6.75. The van der Waals surface area contributed by atoms with Crippen LogP contribution in [0.15, 0.2) is 11.4 Å². The Balaban J connectivity index is 1.61. The molecule has 2 aliphatic rings. The maximum atomic E-state index is 8.72. The number of thiophene rings is 1. The van der Waals surface area contributed by atoms with Gasteiger partial charge in [0.05, 0.1) is 6.10 Å². The summed E-state index contributed by atoms with van der Waals surface area (Å²) in [6.07, 6.45) is 3.12. The van der Waals surface area contributed by atoms with Crippen molar-refractivity contribution in [2.75, 3.05) is 26.8 Å². The molecule has 0 aromatic carbocycles. The molecule has 0 radical (unpaired) electrons. The molecule has 1 saturated carbocycles. The number of hydrogen-bond donors (Lipinski definition) is 1. The predicted molar refractivity (Wildman–Crippen MR) is 80.6 cm³/mol. The number of likely N-dealkylation sites (tertiary alicyclic amines) is 1. The van der Waals surface area contributed by atoms with E-state index in [0.717, 1.165) is 25.2 Å². The number of piperidine rings is 1. The van der Waals surface area contributed by atoms with Crippen molar-refractivity contribution in [1.82, 2.24) is 4.90 Å². The molecule has 108 valence electrons. The van der Waals surface area contributed by atoms with E-state index in [4.69, 9.17) is 9.84 Å². The molecule has 2 bridgehead atoms. The molecular weight excluding hydrogens is 270 g/mol. The Morgan fingerprint density at radius 1 is 1.40 bits per heavy atom. The van der Waals surface area contributed by atoms with Crippen LogP contribution in [0.5, 0.6) is 0 Å². The van der Waals surface area contributed by atoms with Crippen molar-refractivity contribution < 1.29 is 9.84 Å². The fourth-order valence-electron chi connectivity index (χ4n) is 3.67. The van der Waals surface area contributed by atoms with E-state index in [1.807, 2.05) is 7.11 Å². The smallest absolute Gasteiger partial charge is 0.104 e. The van der Waals surface area contributed by atoms with Crippen LogP contribution >= 0.6 is 11.3 Å². The van der Waals surface area contributed by atoms with E-state index in [1.165, 1.54) is 17.7 Å². The van der Waals surface area contributed by atoms with E-state index in [9.17, 15) is 0 Å². The van der Waals surface area contributed by atoms with Crippen LogP contribution in [-0.2, 0) is 11.3 Å². The first-order chi connectivity index (χ1) is 9.80. The fourth-order valence-corrected chi connectivity index (χ4v) is 4.53. The van der Waals surface area contributed by atoms with Crippen LogP contribution in [0.2, 0.25) is 0 Å². The van der Waals surface area contributed by atoms with Gasteiger partial charge in [0.25, 0.3) is 0 Å². The van der Waals surface area contributed by atoms with Crippen LogP contribution in [-0.4, -0.2) is 42.9 Å². The molecule has 0 amide bonds. The molecule has 20 heavy (non-hydrogen) atoms. The minimum atomic E-state index is -0.0704. The zero-order valence-electron chi connectivity index (χ0n) is 11.8. The number of fused-ring (bicyclic) bond motifs is 2. The van der Waals surface area contributed by atoms with Gasteiger partial charge in [0.2, 0.25) is 0 Å². The quantitative estimate of drug-likeness (QED) is 0.864. The summed E-state index contributed by atoms with van der Waals surface area (Å²) in [5.74, 6) is 7.10. The largest absolute Gasteiger partial charge is 0.384 e. The number of aliphatic hydroxyl groups excluding tert-OH is 1. The Hall–Kier alpha value is -0.860. The van der Waals surface area contributed by atoms with Crippen LogP contribution < -0.4 is 0 Å². The molecule has 2 heterocycles. The highest BCUT2D eigenvalue weighted by Crippen LogP contribution is 2.39. The molecule has 1 aliphatic carbocycles. The molecule has 1 saturated heterocycles. The molecule has 1 aliphatic heterocycles. The molecule has 1 aromatic rings. The van der Waals surface area contributed by atoms with Gasteiger partial charge < -0.3 is 9.84 Å². The van der Waals surface area contributed by atoms with Gasteiger partial charge in [-0.25, -0.2) is 0 Å². The Labute approximate surface area is 124 Å². The van der Waals surface area contributed by atoms with Crippen LogP contribution in [0.3, 0.4) is 0 Å². The summed E-state index contributed by atoms with van der Waals surface area (Å²) >= 11 is 1.77. The van der Waals surface area contributed by atoms with Crippen molar-refractivity contribution in [3.63, 3.8) is 0 Å². The predicted octanol–water partition coefficient (Wildman–Crippen LogP) is 1.95. The van der Waals surface area contributed by atoms with Crippen LogP contribution in [0.25, 0.3) is 0 Å². The average Bonchev–Trinajstić information content (AvgIpc) is 2.99. The van der Waals surface area contributed by atoms with Crippen molar-refractivity contribution in [3.8, 4) is 11.8 Å². The van der Waals surface area contributed by atoms with E-state index in [1.54, 1.807) is 11.3 Å². The van der Waals surface area contributed by atoms with Crippen molar-refractivity contribution in [2.24, 2.45) is 11.8 Å². The first-order valence-electron chi connectivity index (χ1n) is 7.22. The highest BCUT2D eigenvalue weighted by atomic mass is 32.1. The van der Waals surface area contributed by atoms with Gasteiger partial charge in [0, 0.05) is 42.6 Å². The average molecular weight is 291 g/mol. The lowest BCUT2D eigenvalue weighted by atomic mass is 9.95. The van der Waals surface area contributed by atoms with E-state index in [0.29, 0.717) is 17.9 Å². The monoisotopic (exact) mass is 291 g/mol. The second kappa shape index (κ2) is 6.28. The topological polar surface area (TPSA) is 32.7 Å². The van der Waals surface area contributed by atoms with E-state index in [2.05, 4.69) is 28.2 Å². The zero-order valence-corrected chi connectivity index (χ0v) is 12.7. The number of aliphatic hydroxyl groups is 1. The van der Waals surface area contributed by atoms with Crippen molar-refractivity contribution >= 4 is 11.3 Å². The minimum Gasteiger partial charge on any atom is -0.384 e. The molecule has 3 rings (SSSR count). The highest BCUT2D eigenvalue weighted by molar-refractivity contribution is 7.10. The summed E-state index contributed by atoms with van der Waals surface area (Å²) in [7, 11) is 1.86. The number of ether oxygens (including phenoxy) is 1.